The third-order valence-corrected chi connectivity index (χ3v) is 4.70. The van der Waals surface area contributed by atoms with Gasteiger partial charge >= 0.3 is 0 Å². The molecule has 0 bridgehead atoms. The summed E-state index contributed by atoms with van der Waals surface area (Å²) in [5.74, 6) is -0.0995. The van der Waals surface area contributed by atoms with Crippen LogP contribution in [0.5, 0.6) is 0 Å². The van der Waals surface area contributed by atoms with Crippen LogP contribution in [0.3, 0.4) is 0 Å². The van der Waals surface area contributed by atoms with E-state index in [9.17, 15) is 4.79 Å². The molecule has 2 rings (SSSR count). The molecule has 0 radical (unpaired) electrons. The van der Waals surface area contributed by atoms with Gasteiger partial charge in [-0.2, -0.15) is 5.26 Å². The molecule has 0 spiro atoms. The molecule has 0 fully saturated rings. The van der Waals surface area contributed by atoms with E-state index in [1.807, 2.05) is 25.1 Å². The van der Waals surface area contributed by atoms with Crippen LogP contribution in [0.2, 0.25) is 0 Å². The van der Waals surface area contributed by atoms with E-state index in [1.165, 1.54) is 11.3 Å². The summed E-state index contributed by atoms with van der Waals surface area (Å²) in [6, 6.07) is 7.84. The van der Waals surface area contributed by atoms with E-state index in [1.54, 1.807) is 4.90 Å². The smallest absolute Gasteiger partial charge is 0.266 e. The number of hydrogen-bond donors (Lipinski definition) is 1. The van der Waals surface area contributed by atoms with Crippen molar-refractivity contribution in [3.05, 3.63) is 27.5 Å². The lowest BCUT2D eigenvalue weighted by atomic mass is 10.2. The van der Waals surface area contributed by atoms with Gasteiger partial charge in [-0.05, 0) is 19.1 Å². The third kappa shape index (κ3) is 2.79. The number of nitrogens with zero attached hydrogens (tertiary/aromatic N) is 2. The average Bonchev–Trinajstić information content (AvgIpc) is 2.76. The second-order valence-electron chi connectivity index (χ2n) is 4.28. The van der Waals surface area contributed by atoms with E-state index >= 15 is 0 Å². The Labute approximate surface area is 129 Å². The number of amides is 1. The number of halogens is 1. The molecule has 1 aromatic carbocycles. The fourth-order valence-corrected chi connectivity index (χ4v) is 3.62. The fourth-order valence-electron chi connectivity index (χ4n) is 1.98. The maximum Gasteiger partial charge on any atom is 0.266 e. The lowest BCUT2D eigenvalue weighted by Gasteiger charge is -2.18. The zero-order chi connectivity index (χ0) is 14.7. The van der Waals surface area contributed by atoms with Crippen molar-refractivity contribution in [3.63, 3.8) is 0 Å². The number of nitriles is 1. The molecule has 4 nitrogen and oxygen atoms in total. The molecule has 2 aromatic rings. The second kappa shape index (κ2) is 6.25. The Bertz CT molecular complexity index is 690. The van der Waals surface area contributed by atoms with E-state index in [2.05, 4.69) is 22.0 Å². The minimum Gasteiger partial charge on any atom is -0.397 e. The second-order valence-corrected chi connectivity index (χ2v) is 6.25. The average molecular weight is 352 g/mol. The van der Waals surface area contributed by atoms with E-state index in [4.69, 9.17) is 11.0 Å². The first-order chi connectivity index (χ1) is 9.58. The standard InChI is InChI=1S/C14H14BrN3OS/c1-2-18(7-3-6-16)14(19)13-12(17)10-5-4-9(15)8-11(10)20-13/h4-5,8H,2-3,7,17H2,1H3. The minimum absolute atomic E-state index is 0.0995. The predicted octanol–water partition coefficient (Wildman–Crippen LogP) is 3.62. The molecule has 104 valence electrons. The van der Waals surface area contributed by atoms with Gasteiger partial charge in [-0.1, -0.05) is 22.0 Å². The van der Waals surface area contributed by atoms with Crippen molar-refractivity contribution in [2.24, 2.45) is 0 Å². The zero-order valence-electron chi connectivity index (χ0n) is 11.0. The number of nitrogen functional groups attached to an aromatic ring is 1. The number of anilines is 1. The first kappa shape index (κ1) is 14.8. The number of hydrogen-bond acceptors (Lipinski definition) is 4. The number of benzene rings is 1. The monoisotopic (exact) mass is 351 g/mol. The topological polar surface area (TPSA) is 70.1 Å². The summed E-state index contributed by atoms with van der Waals surface area (Å²) < 4.78 is 1.94. The van der Waals surface area contributed by atoms with Gasteiger partial charge in [-0.3, -0.25) is 4.79 Å². The molecule has 0 atom stereocenters. The Balaban J connectivity index is 2.39. The lowest BCUT2D eigenvalue weighted by molar-refractivity contribution is 0.0773. The molecule has 1 amide bonds. The molecular formula is C14H14BrN3OS. The Morgan fingerprint density at radius 1 is 1.55 bits per heavy atom. The third-order valence-electron chi connectivity index (χ3n) is 3.05. The molecule has 0 aliphatic rings. The Hall–Kier alpha value is -1.58. The van der Waals surface area contributed by atoms with Crippen molar-refractivity contribution >= 4 is 48.9 Å². The van der Waals surface area contributed by atoms with Gasteiger partial charge in [0.25, 0.3) is 5.91 Å². The quantitative estimate of drug-likeness (QED) is 0.914. The summed E-state index contributed by atoms with van der Waals surface area (Å²) in [6.45, 7) is 2.90. The molecule has 0 aliphatic carbocycles. The van der Waals surface area contributed by atoms with E-state index in [0.717, 1.165) is 14.6 Å². The van der Waals surface area contributed by atoms with Crippen LogP contribution in [0.1, 0.15) is 23.0 Å². The lowest BCUT2D eigenvalue weighted by Crippen LogP contribution is -2.31. The van der Waals surface area contributed by atoms with Gasteiger partial charge in [-0.25, -0.2) is 0 Å². The van der Waals surface area contributed by atoms with E-state index < -0.39 is 0 Å². The number of rotatable bonds is 4. The minimum atomic E-state index is -0.0995. The van der Waals surface area contributed by atoms with Crippen LogP contribution in [0.4, 0.5) is 5.69 Å². The van der Waals surface area contributed by atoms with Crippen molar-refractivity contribution in [3.8, 4) is 6.07 Å². The van der Waals surface area contributed by atoms with Crippen molar-refractivity contribution in [1.82, 2.24) is 4.90 Å². The van der Waals surface area contributed by atoms with Crippen LogP contribution in [0, 0.1) is 11.3 Å². The highest BCUT2D eigenvalue weighted by atomic mass is 79.9. The Morgan fingerprint density at radius 2 is 2.30 bits per heavy atom. The predicted molar refractivity (Wildman–Crippen MR) is 85.7 cm³/mol. The van der Waals surface area contributed by atoms with Crippen LogP contribution in [0.25, 0.3) is 10.1 Å². The Morgan fingerprint density at radius 3 is 2.95 bits per heavy atom. The van der Waals surface area contributed by atoms with Crippen molar-refractivity contribution < 1.29 is 4.79 Å². The molecule has 0 saturated carbocycles. The number of carbonyl (C=O) groups excluding carboxylic acids is 1. The molecule has 6 heteroatoms. The fraction of sp³-hybridized carbons (Fsp3) is 0.286. The summed E-state index contributed by atoms with van der Waals surface area (Å²) in [5, 5.41) is 9.55. The molecule has 1 heterocycles. The SMILES string of the molecule is CCN(CCC#N)C(=O)c1sc2cc(Br)ccc2c1N. The van der Waals surface area contributed by atoms with Crippen LogP contribution < -0.4 is 5.73 Å². The summed E-state index contributed by atoms with van der Waals surface area (Å²) in [7, 11) is 0. The summed E-state index contributed by atoms with van der Waals surface area (Å²) >= 11 is 4.81. The van der Waals surface area contributed by atoms with Gasteiger partial charge in [0.15, 0.2) is 0 Å². The number of fused-ring (bicyclic) bond motifs is 1. The first-order valence-corrected chi connectivity index (χ1v) is 7.83. The first-order valence-electron chi connectivity index (χ1n) is 6.22. The van der Waals surface area contributed by atoms with Gasteiger partial charge in [0.1, 0.15) is 4.88 Å². The van der Waals surface area contributed by atoms with E-state index in [-0.39, 0.29) is 5.91 Å². The van der Waals surface area contributed by atoms with Crippen molar-refractivity contribution in [1.29, 1.82) is 5.26 Å². The van der Waals surface area contributed by atoms with E-state index in [0.29, 0.717) is 30.1 Å². The van der Waals surface area contributed by atoms with Crippen LogP contribution in [-0.4, -0.2) is 23.9 Å². The van der Waals surface area contributed by atoms with Crippen LogP contribution in [-0.2, 0) is 0 Å². The molecule has 0 saturated heterocycles. The number of carbonyl (C=O) groups is 1. The molecule has 1 aromatic heterocycles. The Kier molecular flexibility index (Phi) is 4.63. The highest BCUT2D eigenvalue weighted by molar-refractivity contribution is 9.10. The molecular weight excluding hydrogens is 338 g/mol. The molecule has 2 N–H and O–H groups in total. The maximum atomic E-state index is 12.5. The zero-order valence-corrected chi connectivity index (χ0v) is 13.4. The highest BCUT2D eigenvalue weighted by Gasteiger charge is 2.20. The largest absolute Gasteiger partial charge is 0.397 e. The van der Waals surface area contributed by atoms with Crippen molar-refractivity contribution in [2.75, 3.05) is 18.8 Å². The summed E-state index contributed by atoms with van der Waals surface area (Å²) in [4.78, 5) is 14.7. The van der Waals surface area contributed by atoms with Gasteiger partial charge in [0.05, 0.1) is 18.2 Å². The van der Waals surface area contributed by atoms with Crippen LogP contribution in [0.15, 0.2) is 22.7 Å². The number of nitrogens with two attached hydrogens (primary N) is 1. The summed E-state index contributed by atoms with van der Waals surface area (Å²) in [5.41, 5.74) is 6.62. The van der Waals surface area contributed by atoms with Gasteiger partial charge in [-0.15, -0.1) is 11.3 Å². The maximum absolute atomic E-state index is 12.5. The molecule has 20 heavy (non-hydrogen) atoms. The van der Waals surface area contributed by atoms with Gasteiger partial charge in [0, 0.05) is 27.6 Å². The summed E-state index contributed by atoms with van der Waals surface area (Å²) in [6.07, 6.45) is 0.329. The van der Waals surface area contributed by atoms with Crippen molar-refractivity contribution in [2.45, 2.75) is 13.3 Å². The number of thiophene rings is 1. The van der Waals surface area contributed by atoms with Gasteiger partial charge in [0.2, 0.25) is 0 Å². The highest BCUT2D eigenvalue weighted by Crippen LogP contribution is 2.35. The van der Waals surface area contributed by atoms with Crippen LogP contribution >= 0.6 is 27.3 Å². The normalized spacial score (nSPS) is 10.4. The van der Waals surface area contributed by atoms with Gasteiger partial charge < -0.3 is 10.6 Å². The molecule has 0 unspecified atom stereocenters. The molecule has 0 aliphatic heterocycles.